The normalized spacial score (nSPS) is 11.8. The Hall–Kier alpha value is 2.64. The van der Waals surface area contributed by atoms with Gasteiger partial charge in [-0.25, -0.2) is 0 Å². The van der Waals surface area contributed by atoms with E-state index in [1.54, 1.807) is 0 Å². The molecule has 0 aliphatic heterocycles. The van der Waals surface area contributed by atoms with Crippen molar-refractivity contribution < 1.29 is 0 Å². The molecule has 0 fully saturated rings. The van der Waals surface area contributed by atoms with Gasteiger partial charge < -0.3 is 0 Å². The van der Waals surface area contributed by atoms with Crippen LogP contribution in [0.25, 0.3) is 0 Å². The molecule has 0 unspecified atom stereocenters. The van der Waals surface area contributed by atoms with Gasteiger partial charge >= 0.3 is 61.0 Å². The van der Waals surface area contributed by atoms with E-state index < -0.39 is 5.48 Å². The van der Waals surface area contributed by atoms with Crippen molar-refractivity contribution in [3.8, 4) is 0 Å². The first-order valence-electron chi connectivity index (χ1n) is 0.730. The van der Waals surface area contributed by atoms with Gasteiger partial charge in [0.2, 0.25) is 0 Å². The standard InChI is InChI=1S/AsH3Se4/c2-1(3,4)5/h(H3,2,3,4,5)/p-3. The predicted octanol–water partition coefficient (Wildman–Crippen LogP) is -1.90. The van der Waals surface area contributed by atoms with E-state index in [0.717, 1.165) is 0 Å². The molecule has 0 heterocycles. The van der Waals surface area contributed by atoms with Gasteiger partial charge in [0, 0.05) is 0 Å². The average Bonchev–Trinajstić information content (AvgIpc) is 0.722. The third-order valence-electron chi connectivity index (χ3n) is 0. The fraction of sp³-hybridized carbons (Fsp3) is 0. The zero-order valence-electron chi connectivity index (χ0n) is 2.08. The van der Waals surface area contributed by atoms with Crippen LogP contribution < -0.4 is 0 Å². The van der Waals surface area contributed by atoms with Crippen molar-refractivity contribution in [2.75, 3.05) is 0 Å². The summed E-state index contributed by atoms with van der Waals surface area (Å²) in [6, 6.07) is 0. The van der Waals surface area contributed by atoms with Crippen molar-refractivity contribution >= 4 is 61.0 Å². The first-order chi connectivity index (χ1) is 2.00. The molecule has 0 atom stereocenters. The van der Waals surface area contributed by atoms with Gasteiger partial charge in [-0.1, -0.05) is 0 Å². The van der Waals surface area contributed by atoms with E-state index >= 15 is 0 Å². The van der Waals surface area contributed by atoms with E-state index in [9.17, 15) is 0 Å². The third-order valence-corrected chi connectivity index (χ3v) is 0. The van der Waals surface area contributed by atoms with E-state index in [0.29, 0.717) is 0 Å². The molecule has 0 rings (SSSR count). The Morgan fingerprint density at radius 1 is 1.20 bits per heavy atom. The molecule has 0 aromatic heterocycles. The molecule has 0 aliphatic rings. The molecule has 0 saturated carbocycles. The molecule has 0 spiro atoms. The summed E-state index contributed by atoms with van der Waals surface area (Å²) in [6.07, 6.45) is 0. The van der Waals surface area contributed by atoms with Crippen molar-refractivity contribution in [2.45, 2.75) is 0 Å². The van der Waals surface area contributed by atoms with Crippen LogP contribution in [0, 0.1) is 0 Å². The summed E-state index contributed by atoms with van der Waals surface area (Å²) in [5.41, 5.74) is -1.38. The van der Waals surface area contributed by atoms with Gasteiger partial charge in [0.15, 0.2) is 0 Å². The molecule has 0 amide bonds. The van der Waals surface area contributed by atoms with E-state index in [2.05, 4.69) is 55.5 Å². The van der Waals surface area contributed by atoms with Crippen LogP contribution in [0.1, 0.15) is 0 Å². The van der Waals surface area contributed by atoms with E-state index in [-0.39, 0.29) is 0 Å². The molecule has 0 bridgehead atoms. The number of hydrogen-bond acceptors (Lipinski definition) is 0. The molecule has 0 aromatic rings. The monoisotopic (exact) mass is 395 g/mol. The van der Waals surface area contributed by atoms with Gasteiger partial charge in [-0.3, -0.25) is 0 Å². The Bertz CT molecular complexity index is 49.8. The second kappa shape index (κ2) is 2.83. The van der Waals surface area contributed by atoms with Gasteiger partial charge in [-0.2, -0.15) is 0 Å². The Morgan fingerprint density at radius 2 is 1.20 bits per heavy atom. The quantitative estimate of drug-likeness (QED) is 0.424. The van der Waals surface area contributed by atoms with Crippen molar-refractivity contribution in [1.29, 1.82) is 0 Å². The molecule has 0 N–H and O–H groups in total. The average molecular weight is 391 g/mol. The third kappa shape index (κ3) is 20.5. The van der Waals surface area contributed by atoms with E-state index in [4.69, 9.17) is 0 Å². The predicted molar refractivity (Wildman–Crippen MR) is 28.8 cm³/mol. The Kier molecular flexibility index (Phi) is 4.32. The van der Waals surface area contributed by atoms with Gasteiger partial charge in [0.05, 0.1) is 0 Å². The van der Waals surface area contributed by atoms with Gasteiger partial charge in [0.1, 0.15) is 0 Å². The summed E-state index contributed by atoms with van der Waals surface area (Å²) in [7, 11) is 0. The van der Waals surface area contributed by atoms with Crippen LogP contribution in [0.15, 0.2) is 0 Å². The summed E-state index contributed by atoms with van der Waals surface area (Å²) in [6.45, 7) is 0. The van der Waals surface area contributed by atoms with Crippen molar-refractivity contribution in [1.82, 2.24) is 0 Å². The fourth-order valence-electron chi connectivity index (χ4n) is 0. The molecular weight excluding hydrogens is 391 g/mol. The first kappa shape index (κ1) is 7.64. The summed E-state index contributed by atoms with van der Waals surface area (Å²) < 4.78 is 0. The molecule has 0 aliphatic carbocycles. The SMILES string of the molecule is [Se]=[As]([Se-])([Se-])[Se-]. The number of hydrogen-bond donors (Lipinski definition) is 0. The zero-order chi connectivity index (χ0) is 4.50. The van der Waals surface area contributed by atoms with Gasteiger partial charge in [-0.05, 0) is 0 Å². The van der Waals surface area contributed by atoms with Gasteiger partial charge in [-0.15, -0.1) is 0 Å². The summed E-state index contributed by atoms with van der Waals surface area (Å²) in [5, 5.41) is 0. The van der Waals surface area contributed by atoms with Crippen LogP contribution in [0.3, 0.4) is 0 Å². The molecule has 5 heavy (non-hydrogen) atoms. The maximum atomic E-state index is 2.98. The Labute approximate surface area is 59.9 Å². The minimum absolute atomic E-state index is 1.38. The second-order valence-corrected chi connectivity index (χ2v) is 62.7. The van der Waals surface area contributed by atoms with Crippen LogP contribution >= 0.6 is 0 Å². The first-order valence-corrected chi connectivity index (χ1v) is 19.7. The molecule has 0 nitrogen and oxygen atoms in total. The summed E-state index contributed by atoms with van der Waals surface area (Å²) in [5.74, 6) is 0. The number of rotatable bonds is 0. The van der Waals surface area contributed by atoms with Crippen molar-refractivity contribution in [3.63, 3.8) is 0 Å². The topological polar surface area (TPSA) is 0 Å². The molecule has 0 saturated heterocycles. The van der Waals surface area contributed by atoms with Gasteiger partial charge in [0.25, 0.3) is 0 Å². The fourth-order valence-corrected chi connectivity index (χ4v) is 0. The minimum atomic E-state index is -1.38. The molecule has 0 aromatic carbocycles. The van der Waals surface area contributed by atoms with E-state index in [1.807, 2.05) is 0 Å². The summed E-state index contributed by atoms with van der Waals surface area (Å²) in [4.78, 5) is 0. The second-order valence-electron chi connectivity index (χ2n) is 0.447. The van der Waals surface area contributed by atoms with Crippen LogP contribution in [-0.4, -0.2) is 61.0 Å². The van der Waals surface area contributed by atoms with E-state index in [1.165, 1.54) is 0 Å². The zero-order valence-corrected chi connectivity index (χ0v) is 10.8. The molecule has 32 valence electrons. The Balaban J connectivity index is 3.47. The Morgan fingerprint density at radius 3 is 1.20 bits per heavy atom. The molecule has 5 heteroatoms. The molecular formula is AsSe4-3. The van der Waals surface area contributed by atoms with Crippen LogP contribution in [0.5, 0.6) is 0 Å². The summed E-state index contributed by atoms with van der Waals surface area (Å²) >= 11 is 11.9. The van der Waals surface area contributed by atoms with Crippen molar-refractivity contribution in [2.24, 2.45) is 0 Å². The van der Waals surface area contributed by atoms with Crippen LogP contribution in [-0.2, 0) is 0 Å². The van der Waals surface area contributed by atoms with Crippen LogP contribution in [0.4, 0.5) is 0 Å². The van der Waals surface area contributed by atoms with Crippen molar-refractivity contribution in [3.05, 3.63) is 0 Å². The van der Waals surface area contributed by atoms with Crippen LogP contribution in [0.2, 0.25) is 0 Å². The maximum absolute atomic E-state index is 2.98. The molecule has 0 radical (unpaired) electrons.